The van der Waals surface area contributed by atoms with E-state index in [1.54, 1.807) is 0 Å². The summed E-state index contributed by atoms with van der Waals surface area (Å²) in [5.74, 6) is -2.32. The number of carbonyl (C=O) groups excluding carboxylic acids is 3. The van der Waals surface area contributed by atoms with Crippen LogP contribution in [0.25, 0.3) is 0 Å². The second-order valence-electron chi connectivity index (χ2n) is 16.3. The fraction of sp³-hybridized carbons (Fsp3) is 0.735. The molecule has 0 fully saturated rings. The van der Waals surface area contributed by atoms with Gasteiger partial charge in [-0.05, 0) is 77.0 Å². The summed E-state index contributed by atoms with van der Waals surface area (Å²) in [4.78, 5) is 37.0. The zero-order chi connectivity index (χ0) is 42.8. The van der Waals surface area contributed by atoms with E-state index in [2.05, 4.69) is 74.6 Å². The van der Waals surface area contributed by atoms with Crippen molar-refractivity contribution in [1.29, 1.82) is 0 Å². The van der Waals surface area contributed by atoms with E-state index in [4.69, 9.17) is 18.9 Å². The fourth-order valence-corrected chi connectivity index (χ4v) is 5.93. The van der Waals surface area contributed by atoms with E-state index < -0.39 is 24.3 Å². The van der Waals surface area contributed by atoms with Crippen LogP contribution in [-0.4, -0.2) is 82.3 Å². The van der Waals surface area contributed by atoms with Crippen molar-refractivity contribution in [3.63, 3.8) is 0 Å². The Balaban J connectivity index is 4.47. The molecule has 0 N–H and O–H groups in total. The lowest BCUT2D eigenvalue weighted by molar-refractivity contribution is -0.870. The van der Waals surface area contributed by atoms with E-state index in [9.17, 15) is 19.5 Å². The number of carbonyl (C=O) groups is 3. The number of nitrogens with zero attached hydrogens (tertiary/aromatic N) is 1. The number of allylic oxidation sites excluding steroid dienone is 10. The summed E-state index contributed by atoms with van der Waals surface area (Å²) in [5.41, 5.74) is 0. The number of likely N-dealkylation sites (N-methyl/N-ethyl adjacent to an activating group) is 1. The Hall–Kier alpha value is -3.01. The first kappa shape index (κ1) is 55.0. The van der Waals surface area contributed by atoms with E-state index in [0.717, 1.165) is 103 Å². The number of hydrogen-bond acceptors (Lipinski definition) is 8. The fourth-order valence-electron chi connectivity index (χ4n) is 5.93. The van der Waals surface area contributed by atoms with Gasteiger partial charge in [-0.2, -0.15) is 0 Å². The summed E-state index contributed by atoms with van der Waals surface area (Å²) in [6.45, 7) is 4.58. The van der Waals surface area contributed by atoms with Gasteiger partial charge in [-0.3, -0.25) is 9.59 Å². The van der Waals surface area contributed by atoms with Crippen LogP contribution in [0.4, 0.5) is 0 Å². The molecule has 0 heterocycles. The van der Waals surface area contributed by atoms with Crippen molar-refractivity contribution in [2.75, 3.05) is 47.5 Å². The van der Waals surface area contributed by atoms with Crippen LogP contribution >= 0.6 is 0 Å². The highest BCUT2D eigenvalue weighted by molar-refractivity contribution is 5.70. The molecule has 9 heteroatoms. The lowest BCUT2D eigenvalue weighted by Gasteiger charge is -2.26. The third-order valence-electron chi connectivity index (χ3n) is 9.50. The van der Waals surface area contributed by atoms with Gasteiger partial charge in [0.2, 0.25) is 0 Å². The molecule has 0 saturated carbocycles. The van der Waals surface area contributed by atoms with Crippen LogP contribution in [0.15, 0.2) is 60.8 Å². The Kier molecular flexibility index (Phi) is 38.6. The quantitative estimate of drug-likeness (QED) is 0.0197. The molecule has 0 rings (SSSR count). The van der Waals surface area contributed by atoms with Gasteiger partial charge in [0.15, 0.2) is 12.4 Å². The maximum Gasteiger partial charge on any atom is 0.306 e. The van der Waals surface area contributed by atoms with Crippen LogP contribution in [0.2, 0.25) is 0 Å². The molecule has 0 spiro atoms. The average Bonchev–Trinajstić information content (AvgIpc) is 3.18. The Morgan fingerprint density at radius 3 is 1.48 bits per heavy atom. The Labute approximate surface area is 355 Å². The zero-order valence-electron chi connectivity index (χ0n) is 37.6. The maximum atomic E-state index is 12.8. The maximum absolute atomic E-state index is 12.8. The smallest absolute Gasteiger partial charge is 0.306 e. The average molecular weight is 816 g/mol. The summed E-state index contributed by atoms with van der Waals surface area (Å²) in [5, 5.41) is 11.7. The molecule has 0 aliphatic heterocycles. The third kappa shape index (κ3) is 41.2. The largest absolute Gasteiger partial charge is 0.545 e. The number of ether oxygens (including phenoxy) is 4. The van der Waals surface area contributed by atoms with Crippen molar-refractivity contribution in [3.05, 3.63) is 60.8 Å². The SMILES string of the molecule is CC/C=C\C/C=C\C/C=C\C/C=C\CCCCCCCCC(=O)OC(COC(=O)CCCCCCC/C=C\CCCCCCC)COC(OCC[N+](C)(C)C)C(=O)[O-]. The topological polar surface area (TPSA) is 111 Å². The third-order valence-corrected chi connectivity index (χ3v) is 9.50. The van der Waals surface area contributed by atoms with Crippen molar-refractivity contribution < 1.29 is 42.9 Å². The number of aliphatic carboxylic acids is 1. The highest BCUT2D eigenvalue weighted by Gasteiger charge is 2.21. The summed E-state index contributed by atoms with van der Waals surface area (Å²) in [7, 11) is 5.89. The van der Waals surface area contributed by atoms with Crippen LogP contribution < -0.4 is 5.11 Å². The number of unbranched alkanes of at least 4 members (excludes halogenated alkanes) is 16. The van der Waals surface area contributed by atoms with Crippen LogP contribution in [-0.2, 0) is 33.3 Å². The number of carboxylic acids is 1. The minimum atomic E-state index is -1.63. The van der Waals surface area contributed by atoms with Crippen LogP contribution in [0.3, 0.4) is 0 Å². The predicted molar refractivity (Wildman–Crippen MR) is 237 cm³/mol. The first-order valence-electron chi connectivity index (χ1n) is 22.9. The molecule has 0 aromatic rings. The summed E-state index contributed by atoms with van der Waals surface area (Å²) < 4.78 is 22.5. The number of carboxylic acid groups (broad SMARTS) is 1. The van der Waals surface area contributed by atoms with Gasteiger partial charge in [-0.1, -0.05) is 145 Å². The molecule has 0 radical (unpaired) electrons. The number of quaternary nitrogens is 1. The predicted octanol–water partition coefficient (Wildman–Crippen LogP) is 10.8. The molecule has 334 valence electrons. The minimum Gasteiger partial charge on any atom is -0.545 e. The van der Waals surface area contributed by atoms with E-state index >= 15 is 0 Å². The second-order valence-corrected chi connectivity index (χ2v) is 16.3. The summed E-state index contributed by atoms with van der Waals surface area (Å²) in [6, 6.07) is 0. The normalized spacial score (nSPS) is 13.5. The molecule has 0 aromatic carbocycles. The lowest BCUT2D eigenvalue weighted by Crippen LogP contribution is -2.44. The molecule has 9 nitrogen and oxygen atoms in total. The highest BCUT2D eigenvalue weighted by atomic mass is 16.7. The van der Waals surface area contributed by atoms with Crippen molar-refractivity contribution in [2.45, 2.75) is 187 Å². The molecule has 0 amide bonds. The molecule has 2 atom stereocenters. The molecule has 0 aliphatic rings. The van der Waals surface area contributed by atoms with Gasteiger partial charge in [-0.15, -0.1) is 0 Å². The summed E-state index contributed by atoms with van der Waals surface area (Å²) in [6.07, 6.45) is 45.3. The van der Waals surface area contributed by atoms with Crippen molar-refractivity contribution in [1.82, 2.24) is 0 Å². The molecule has 0 bridgehead atoms. The Morgan fingerprint density at radius 2 is 0.983 bits per heavy atom. The van der Waals surface area contributed by atoms with Crippen LogP contribution in [0, 0.1) is 0 Å². The number of hydrogen-bond donors (Lipinski definition) is 0. The van der Waals surface area contributed by atoms with Gasteiger partial charge in [0, 0.05) is 12.8 Å². The van der Waals surface area contributed by atoms with E-state index in [1.165, 1.54) is 38.5 Å². The first-order valence-corrected chi connectivity index (χ1v) is 22.9. The van der Waals surface area contributed by atoms with Gasteiger partial charge in [-0.25, -0.2) is 0 Å². The Bertz CT molecular complexity index is 1140. The monoisotopic (exact) mass is 816 g/mol. The molecular formula is C49H85NO8. The van der Waals surface area contributed by atoms with Gasteiger partial charge in [0.1, 0.15) is 13.2 Å². The molecular weight excluding hydrogens is 731 g/mol. The van der Waals surface area contributed by atoms with Crippen LogP contribution in [0.5, 0.6) is 0 Å². The van der Waals surface area contributed by atoms with Gasteiger partial charge < -0.3 is 33.3 Å². The van der Waals surface area contributed by atoms with E-state index in [0.29, 0.717) is 17.4 Å². The van der Waals surface area contributed by atoms with E-state index in [1.807, 2.05) is 21.1 Å². The Morgan fingerprint density at radius 1 is 0.534 bits per heavy atom. The first-order chi connectivity index (χ1) is 28.1. The molecule has 0 saturated heterocycles. The molecule has 0 aliphatic carbocycles. The lowest BCUT2D eigenvalue weighted by atomic mass is 10.1. The molecule has 2 unspecified atom stereocenters. The highest BCUT2D eigenvalue weighted by Crippen LogP contribution is 2.13. The van der Waals surface area contributed by atoms with E-state index in [-0.39, 0.29) is 38.6 Å². The number of rotatable bonds is 41. The number of esters is 2. The van der Waals surface area contributed by atoms with Crippen molar-refractivity contribution >= 4 is 17.9 Å². The van der Waals surface area contributed by atoms with Gasteiger partial charge >= 0.3 is 11.9 Å². The zero-order valence-corrected chi connectivity index (χ0v) is 37.6. The van der Waals surface area contributed by atoms with Gasteiger partial charge in [0.25, 0.3) is 0 Å². The van der Waals surface area contributed by atoms with Crippen molar-refractivity contribution in [3.8, 4) is 0 Å². The summed E-state index contributed by atoms with van der Waals surface area (Å²) >= 11 is 0. The van der Waals surface area contributed by atoms with Crippen LogP contribution in [0.1, 0.15) is 174 Å². The van der Waals surface area contributed by atoms with Gasteiger partial charge in [0.05, 0.1) is 40.3 Å². The standard InChI is InChI=1S/C49H85NO8/c1-6-8-10-12-14-16-18-20-22-23-24-25-26-28-30-32-34-36-38-40-47(52)58-45(44-57-49(48(53)54)55-42-41-50(3,4)5)43-56-46(51)39-37-35-33-31-29-27-21-19-17-15-13-11-9-7-2/h8,10,14,16,19-22,24-25,45,49H,6-7,9,11-13,15,17-18,23,26-44H2,1-5H3/b10-8-,16-14-,21-19-,22-20-,25-24-. The molecule has 0 aromatic heterocycles. The minimum absolute atomic E-state index is 0.141. The molecule has 58 heavy (non-hydrogen) atoms. The van der Waals surface area contributed by atoms with Crippen molar-refractivity contribution in [2.24, 2.45) is 0 Å². The second kappa shape index (κ2) is 40.8.